The minimum absolute atomic E-state index is 0.322. The predicted molar refractivity (Wildman–Crippen MR) is 94.0 cm³/mol. The molecule has 1 aliphatic heterocycles. The minimum Gasteiger partial charge on any atom is -0.496 e. The molecule has 0 bridgehead atoms. The Hall–Kier alpha value is -2.15. The largest absolute Gasteiger partial charge is 0.496 e. The van der Waals surface area contributed by atoms with Gasteiger partial charge in [-0.1, -0.05) is 31.7 Å². The Labute approximate surface area is 146 Å². The number of amides is 2. The number of nitrogens with one attached hydrogen (secondary N) is 2. The first-order chi connectivity index (χ1) is 11.6. The second kappa shape index (κ2) is 8.63. The first kappa shape index (κ1) is 18.2. The Kier molecular flexibility index (Phi) is 6.54. The van der Waals surface area contributed by atoms with Gasteiger partial charge in [-0.25, -0.2) is 4.79 Å². The monoisotopic (exact) mass is 350 g/mol. The fourth-order valence-corrected chi connectivity index (χ4v) is 3.07. The van der Waals surface area contributed by atoms with Crippen molar-refractivity contribution in [3.63, 3.8) is 0 Å². The summed E-state index contributed by atoms with van der Waals surface area (Å²) in [6, 6.07) is 6.27. The summed E-state index contributed by atoms with van der Waals surface area (Å²) in [6.07, 6.45) is 0. The molecule has 6 nitrogen and oxygen atoms in total. The number of rotatable bonds is 7. The van der Waals surface area contributed by atoms with Gasteiger partial charge in [0.15, 0.2) is 0 Å². The van der Waals surface area contributed by atoms with Crippen LogP contribution in [-0.4, -0.2) is 37.2 Å². The number of hydrogen-bond acceptors (Lipinski definition) is 5. The van der Waals surface area contributed by atoms with Crippen LogP contribution < -0.4 is 15.4 Å². The van der Waals surface area contributed by atoms with Crippen molar-refractivity contribution in [2.45, 2.75) is 13.0 Å². The fraction of sp³-hybridized carbons (Fsp3) is 0.412. The Morgan fingerprint density at radius 2 is 2.12 bits per heavy atom. The van der Waals surface area contributed by atoms with E-state index in [1.165, 1.54) is 0 Å². The van der Waals surface area contributed by atoms with E-state index in [-0.39, 0.29) is 0 Å². The van der Waals surface area contributed by atoms with E-state index in [0.29, 0.717) is 23.6 Å². The van der Waals surface area contributed by atoms with Gasteiger partial charge in [-0.3, -0.25) is 4.79 Å². The van der Waals surface area contributed by atoms with E-state index in [0.717, 1.165) is 11.5 Å². The van der Waals surface area contributed by atoms with Crippen molar-refractivity contribution in [1.82, 2.24) is 10.6 Å². The molecule has 1 saturated heterocycles. The molecule has 0 radical (unpaired) electrons. The van der Waals surface area contributed by atoms with E-state index in [1.807, 2.05) is 25.1 Å². The van der Waals surface area contributed by atoms with Crippen LogP contribution in [-0.2, 0) is 9.53 Å². The summed E-state index contributed by atoms with van der Waals surface area (Å²) < 4.78 is 10.7. The molecule has 2 N–H and O–H groups in total. The van der Waals surface area contributed by atoms with E-state index >= 15 is 0 Å². The Morgan fingerprint density at radius 3 is 2.83 bits per heavy atom. The van der Waals surface area contributed by atoms with Crippen LogP contribution in [0.2, 0.25) is 0 Å². The topological polar surface area (TPSA) is 76.7 Å². The van der Waals surface area contributed by atoms with Gasteiger partial charge in [0.25, 0.3) is 0 Å². The normalized spacial score (nSPS) is 20.1. The zero-order valence-corrected chi connectivity index (χ0v) is 14.7. The number of esters is 1. The third kappa shape index (κ3) is 4.23. The highest BCUT2D eigenvalue weighted by Crippen LogP contribution is 2.35. The number of methoxy groups -OCH3 is 1. The molecule has 1 fully saturated rings. The van der Waals surface area contributed by atoms with Gasteiger partial charge in [-0.15, -0.1) is 0 Å². The van der Waals surface area contributed by atoms with Crippen LogP contribution in [0.15, 0.2) is 36.5 Å². The average Bonchev–Trinajstić information content (AvgIpc) is 2.57. The summed E-state index contributed by atoms with van der Waals surface area (Å²) in [4.78, 5) is 24.4. The molecular formula is C17H22N2O4S. The van der Waals surface area contributed by atoms with E-state index in [2.05, 4.69) is 17.2 Å². The molecule has 1 heterocycles. The molecule has 1 aliphatic rings. The lowest BCUT2D eigenvalue weighted by molar-refractivity contribution is -0.147. The quantitative estimate of drug-likeness (QED) is 0.584. The molecule has 130 valence electrons. The van der Waals surface area contributed by atoms with Crippen molar-refractivity contribution in [2.24, 2.45) is 5.92 Å². The smallest absolute Gasteiger partial charge is 0.319 e. The van der Waals surface area contributed by atoms with Gasteiger partial charge >= 0.3 is 12.0 Å². The minimum atomic E-state index is -0.717. The molecule has 0 unspecified atom stereocenters. The number of ether oxygens (including phenoxy) is 2. The summed E-state index contributed by atoms with van der Waals surface area (Å²) in [5, 5.41) is 5.33. The maximum Gasteiger partial charge on any atom is 0.319 e. The Bertz CT molecular complexity index is 620. The summed E-state index contributed by atoms with van der Waals surface area (Å²) in [5.41, 5.74) is 1.03. The number of urea groups is 1. The van der Waals surface area contributed by atoms with E-state index in [9.17, 15) is 9.59 Å². The highest BCUT2D eigenvalue weighted by molar-refractivity contribution is 7.99. The van der Waals surface area contributed by atoms with Gasteiger partial charge in [0.1, 0.15) is 18.3 Å². The molecule has 1 aromatic rings. The molecular weight excluding hydrogens is 328 g/mol. The van der Waals surface area contributed by atoms with E-state index in [1.54, 1.807) is 24.9 Å². The van der Waals surface area contributed by atoms with Crippen LogP contribution >= 0.6 is 11.8 Å². The molecule has 0 aromatic heterocycles. The number of thioether (sulfide) groups is 1. The standard InChI is InChI=1S/C17H22N2O4S/c1-4-24-10-9-23-16(20)14-11(2)18-17(21)19-15(14)12-7-5-6-8-13(12)22-3/h5-8,14-15H,2,4,9-10H2,1,3H3,(H2,18,19,21)/t14-,15-/m1/s1. The zero-order valence-electron chi connectivity index (χ0n) is 13.8. The van der Waals surface area contributed by atoms with Crippen molar-refractivity contribution in [2.75, 3.05) is 25.2 Å². The third-order valence-corrected chi connectivity index (χ3v) is 4.54. The van der Waals surface area contributed by atoms with Crippen LogP contribution in [0.25, 0.3) is 0 Å². The molecule has 0 spiro atoms. The average molecular weight is 350 g/mol. The van der Waals surface area contributed by atoms with Crippen molar-refractivity contribution in [3.05, 3.63) is 42.1 Å². The Balaban J connectivity index is 2.22. The summed E-state index contributed by atoms with van der Waals surface area (Å²) in [6.45, 7) is 6.20. The lowest BCUT2D eigenvalue weighted by Crippen LogP contribution is -2.51. The fourth-order valence-electron chi connectivity index (χ4n) is 2.58. The van der Waals surface area contributed by atoms with Gasteiger partial charge in [-0.05, 0) is 11.8 Å². The summed E-state index contributed by atoms with van der Waals surface area (Å²) in [5.74, 6) is 1.16. The number of benzene rings is 1. The maximum absolute atomic E-state index is 12.5. The summed E-state index contributed by atoms with van der Waals surface area (Å²) >= 11 is 1.70. The predicted octanol–water partition coefficient (Wildman–Crippen LogP) is 2.48. The lowest BCUT2D eigenvalue weighted by Gasteiger charge is -2.33. The highest BCUT2D eigenvalue weighted by Gasteiger charge is 2.40. The Morgan fingerprint density at radius 1 is 1.38 bits per heavy atom. The van der Waals surface area contributed by atoms with Crippen molar-refractivity contribution < 1.29 is 19.1 Å². The first-order valence-electron chi connectivity index (χ1n) is 7.72. The van der Waals surface area contributed by atoms with Crippen LogP contribution in [0.5, 0.6) is 5.75 Å². The zero-order chi connectivity index (χ0) is 17.5. The SMILES string of the molecule is C=C1NC(=O)N[C@H](c2ccccc2OC)[C@@H]1C(=O)OCCSCC. The number of carbonyl (C=O) groups excluding carboxylic acids is 2. The molecule has 0 aliphatic carbocycles. The van der Waals surface area contributed by atoms with E-state index < -0.39 is 24.0 Å². The molecule has 2 amide bonds. The van der Waals surface area contributed by atoms with Crippen molar-refractivity contribution in [1.29, 1.82) is 0 Å². The van der Waals surface area contributed by atoms with Gasteiger partial charge < -0.3 is 20.1 Å². The van der Waals surface area contributed by atoms with Crippen molar-refractivity contribution in [3.8, 4) is 5.75 Å². The van der Waals surface area contributed by atoms with Crippen LogP contribution in [0, 0.1) is 5.92 Å². The maximum atomic E-state index is 12.5. The molecule has 1 aromatic carbocycles. The lowest BCUT2D eigenvalue weighted by atomic mass is 9.88. The molecule has 0 saturated carbocycles. The highest BCUT2D eigenvalue weighted by atomic mass is 32.2. The molecule has 2 rings (SSSR count). The van der Waals surface area contributed by atoms with Crippen molar-refractivity contribution >= 4 is 23.8 Å². The second-order valence-electron chi connectivity index (χ2n) is 5.19. The first-order valence-corrected chi connectivity index (χ1v) is 8.87. The molecule has 7 heteroatoms. The van der Waals surface area contributed by atoms with E-state index in [4.69, 9.17) is 9.47 Å². The van der Waals surface area contributed by atoms with Crippen LogP contribution in [0.4, 0.5) is 4.79 Å². The molecule has 2 atom stereocenters. The summed E-state index contributed by atoms with van der Waals surface area (Å²) in [7, 11) is 1.55. The van der Waals surface area contributed by atoms with Gasteiger partial charge in [0.05, 0.1) is 13.2 Å². The number of para-hydroxylation sites is 1. The number of hydrogen-bond donors (Lipinski definition) is 2. The van der Waals surface area contributed by atoms with Crippen LogP contribution in [0.1, 0.15) is 18.5 Å². The second-order valence-corrected chi connectivity index (χ2v) is 6.58. The van der Waals surface area contributed by atoms with Gasteiger partial charge in [0.2, 0.25) is 0 Å². The van der Waals surface area contributed by atoms with Gasteiger partial charge in [-0.2, -0.15) is 11.8 Å². The van der Waals surface area contributed by atoms with Crippen LogP contribution in [0.3, 0.4) is 0 Å². The van der Waals surface area contributed by atoms with Gasteiger partial charge in [0, 0.05) is 17.0 Å². The molecule has 24 heavy (non-hydrogen) atoms. The number of carbonyl (C=O) groups is 2. The third-order valence-electron chi connectivity index (χ3n) is 3.67.